The number of aliphatic hydroxyl groups is 1. The van der Waals surface area contributed by atoms with E-state index in [9.17, 15) is 9.90 Å². The van der Waals surface area contributed by atoms with Crippen LogP contribution in [0, 0.1) is 0 Å². The molecule has 0 unspecified atom stereocenters. The summed E-state index contributed by atoms with van der Waals surface area (Å²) in [5.41, 5.74) is 6.31. The number of thiazole rings is 1. The van der Waals surface area contributed by atoms with E-state index >= 15 is 0 Å². The lowest BCUT2D eigenvalue weighted by Gasteiger charge is -2.28. The Kier molecular flexibility index (Phi) is 5.00. The summed E-state index contributed by atoms with van der Waals surface area (Å²) < 4.78 is 3.10. The normalized spacial score (nSPS) is 19.4. The van der Waals surface area contributed by atoms with Gasteiger partial charge in [0, 0.05) is 18.6 Å². The minimum absolute atomic E-state index is 0.200. The highest BCUT2D eigenvalue weighted by molar-refractivity contribution is 7.16. The number of aryl methyl sites for hydroxylation is 1. The molecule has 2 N–H and O–H groups in total. The predicted octanol–water partition coefficient (Wildman–Crippen LogP) is 3.81. The number of rotatable bonds is 4. The van der Waals surface area contributed by atoms with Gasteiger partial charge in [-0.2, -0.15) is 0 Å². The van der Waals surface area contributed by atoms with Crippen LogP contribution in [0.1, 0.15) is 47.3 Å². The molecule has 1 aliphatic rings. The molecule has 7 heteroatoms. The Morgan fingerprint density at radius 3 is 3.00 bits per heavy atom. The minimum Gasteiger partial charge on any atom is -0.391 e. The largest absolute Gasteiger partial charge is 0.391 e. The number of hydrogen-bond donors (Lipinski definition) is 2. The Morgan fingerprint density at radius 2 is 2.13 bits per heavy atom. The number of nitrogens with one attached hydrogen (secondary N) is 1. The van der Waals surface area contributed by atoms with Crippen LogP contribution in [0.5, 0.6) is 0 Å². The third-order valence-corrected chi connectivity index (χ3v) is 6.78. The van der Waals surface area contributed by atoms with Crippen molar-refractivity contribution in [1.82, 2.24) is 19.9 Å². The number of benzene rings is 1. The summed E-state index contributed by atoms with van der Waals surface area (Å²) in [6, 6.07) is 10.0. The Hall–Kier alpha value is -2.77. The van der Waals surface area contributed by atoms with Crippen LogP contribution in [0.15, 0.2) is 42.0 Å². The number of aromatic nitrogens is 3. The maximum absolute atomic E-state index is 13.0. The summed E-state index contributed by atoms with van der Waals surface area (Å²) in [6.07, 6.45) is 5.78. The lowest BCUT2D eigenvalue weighted by Crippen LogP contribution is -2.45. The van der Waals surface area contributed by atoms with Crippen LogP contribution in [0.3, 0.4) is 0 Å². The zero-order valence-corrected chi connectivity index (χ0v) is 17.7. The number of carbonyl (C=O) groups is 1. The molecule has 3 aromatic heterocycles. The molecule has 5 rings (SSSR count). The average Bonchev–Trinajstić information content (AvgIpc) is 3.36. The molecule has 0 saturated heterocycles. The molecular weight excluding hydrogens is 396 g/mol. The van der Waals surface area contributed by atoms with Gasteiger partial charge in [-0.1, -0.05) is 18.9 Å². The number of amides is 1. The Morgan fingerprint density at radius 1 is 1.27 bits per heavy atom. The molecule has 154 valence electrons. The molecule has 0 bridgehead atoms. The number of pyridine rings is 1. The van der Waals surface area contributed by atoms with Crippen molar-refractivity contribution in [3.63, 3.8) is 0 Å². The van der Waals surface area contributed by atoms with Crippen LogP contribution in [0.4, 0.5) is 0 Å². The second kappa shape index (κ2) is 7.81. The first-order valence-electron chi connectivity index (χ1n) is 10.3. The van der Waals surface area contributed by atoms with E-state index in [2.05, 4.69) is 33.5 Å². The lowest BCUT2D eigenvalue weighted by molar-refractivity contribution is 0.0714. The molecule has 0 spiro atoms. The SMILES string of the molecule is Cn1ccc2c(Cc3ccc4ncsc4c3)cc(C(=O)N[C@H]3CCCC[C@@H]3O)nc21. The first-order chi connectivity index (χ1) is 14.6. The quantitative estimate of drug-likeness (QED) is 0.526. The van der Waals surface area contributed by atoms with Gasteiger partial charge in [-0.3, -0.25) is 4.79 Å². The van der Waals surface area contributed by atoms with E-state index in [1.54, 1.807) is 11.3 Å². The van der Waals surface area contributed by atoms with E-state index in [1.165, 1.54) is 5.56 Å². The molecule has 1 aliphatic carbocycles. The van der Waals surface area contributed by atoms with E-state index in [0.29, 0.717) is 12.1 Å². The van der Waals surface area contributed by atoms with E-state index < -0.39 is 6.10 Å². The first kappa shape index (κ1) is 19.2. The smallest absolute Gasteiger partial charge is 0.270 e. The van der Waals surface area contributed by atoms with E-state index in [1.807, 2.05) is 35.5 Å². The van der Waals surface area contributed by atoms with Crippen LogP contribution < -0.4 is 5.32 Å². The molecular formula is C23H24N4O2S. The van der Waals surface area contributed by atoms with Gasteiger partial charge in [0.25, 0.3) is 5.91 Å². The molecule has 1 aromatic carbocycles. The second-order valence-corrected chi connectivity index (χ2v) is 8.98. The Bertz CT molecular complexity index is 1230. The predicted molar refractivity (Wildman–Crippen MR) is 119 cm³/mol. The number of aliphatic hydroxyl groups excluding tert-OH is 1. The number of nitrogens with zero attached hydrogens (tertiary/aromatic N) is 3. The van der Waals surface area contributed by atoms with Crippen molar-refractivity contribution in [3.05, 3.63) is 58.9 Å². The third kappa shape index (κ3) is 3.59. The molecule has 1 amide bonds. The highest BCUT2D eigenvalue weighted by atomic mass is 32.1. The fourth-order valence-electron chi connectivity index (χ4n) is 4.31. The topological polar surface area (TPSA) is 80.0 Å². The highest BCUT2D eigenvalue weighted by Crippen LogP contribution is 2.26. The molecule has 1 saturated carbocycles. The van der Waals surface area contributed by atoms with Crippen molar-refractivity contribution in [1.29, 1.82) is 0 Å². The van der Waals surface area contributed by atoms with Crippen molar-refractivity contribution in [2.75, 3.05) is 0 Å². The molecule has 30 heavy (non-hydrogen) atoms. The number of hydrogen-bond acceptors (Lipinski definition) is 5. The van der Waals surface area contributed by atoms with Gasteiger partial charge in [0.15, 0.2) is 0 Å². The van der Waals surface area contributed by atoms with Crippen molar-refractivity contribution in [3.8, 4) is 0 Å². The maximum atomic E-state index is 13.0. The molecule has 3 heterocycles. The zero-order valence-electron chi connectivity index (χ0n) is 16.8. The molecule has 0 radical (unpaired) electrons. The average molecular weight is 421 g/mol. The van der Waals surface area contributed by atoms with Crippen LogP contribution in [0.2, 0.25) is 0 Å². The van der Waals surface area contributed by atoms with E-state index in [0.717, 1.165) is 52.5 Å². The van der Waals surface area contributed by atoms with Crippen LogP contribution >= 0.6 is 11.3 Å². The summed E-state index contributed by atoms with van der Waals surface area (Å²) >= 11 is 1.63. The maximum Gasteiger partial charge on any atom is 0.270 e. The molecule has 4 aromatic rings. The fraction of sp³-hybridized carbons (Fsp3) is 0.348. The van der Waals surface area contributed by atoms with Crippen LogP contribution in [0.25, 0.3) is 21.3 Å². The van der Waals surface area contributed by atoms with Gasteiger partial charge < -0.3 is 15.0 Å². The third-order valence-electron chi connectivity index (χ3n) is 5.99. The summed E-state index contributed by atoms with van der Waals surface area (Å²) in [7, 11) is 1.94. The first-order valence-corrected chi connectivity index (χ1v) is 11.2. The lowest BCUT2D eigenvalue weighted by atomic mass is 9.92. The number of carbonyl (C=O) groups excluding carboxylic acids is 1. The summed E-state index contributed by atoms with van der Waals surface area (Å²) in [5.74, 6) is -0.219. The van der Waals surface area contributed by atoms with E-state index in [4.69, 9.17) is 0 Å². The monoisotopic (exact) mass is 420 g/mol. The van der Waals surface area contributed by atoms with Gasteiger partial charge in [-0.15, -0.1) is 11.3 Å². The van der Waals surface area contributed by atoms with Gasteiger partial charge in [-0.05, 0) is 54.7 Å². The summed E-state index contributed by atoms with van der Waals surface area (Å²) in [6.45, 7) is 0. The van der Waals surface area contributed by atoms with Gasteiger partial charge in [-0.25, -0.2) is 9.97 Å². The Labute approximate surface area is 178 Å². The molecule has 1 fully saturated rings. The van der Waals surface area contributed by atoms with Gasteiger partial charge in [0.1, 0.15) is 11.3 Å². The summed E-state index contributed by atoms with van der Waals surface area (Å²) in [4.78, 5) is 22.0. The molecule has 0 aliphatic heterocycles. The standard InChI is InChI=1S/C23H24N4O2S/c1-27-9-8-16-15(10-14-6-7-18-21(11-14)30-13-24-18)12-19(25-22(16)27)23(29)26-17-4-2-3-5-20(17)28/h6-9,11-13,17,20,28H,2-5,10H2,1H3,(H,26,29)/t17-,20-/m0/s1. The molecule has 2 atom stereocenters. The van der Waals surface area contributed by atoms with Gasteiger partial charge in [0.2, 0.25) is 0 Å². The van der Waals surface area contributed by atoms with Crippen molar-refractivity contribution < 1.29 is 9.90 Å². The second-order valence-electron chi connectivity index (χ2n) is 8.09. The molecule has 6 nitrogen and oxygen atoms in total. The van der Waals surface area contributed by atoms with Gasteiger partial charge in [0.05, 0.1) is 27.9 Å². The van der Waals surface area contributed by atoms with Crippen molar-refractivity contribution in [2.24, 2.45) is 7.05 Å². The fourth-order valence-corrected chi connectivity index (χ4v) is 5.06. The summed E-state index contributed by atoms with van der Waals surface area (Å²) in [5, 5.41) is 14.3. The van der Waals surface area contributed by atoms with Crippen molar-refractivity contribution >= 4 is 38.5 Å². The van der Waals surface area contributed by atoms with Gasteiger partial charge >= 0.3 is 0 Å². The van der Waals surface area contributed by atoms with Crippen molar-refractivity contribution in [2.45, 2.75) is 44.2 Å². The number of fused-ring (bicyclic) bond motifs is 2. The zero-order chi connectivity index (χ0) is 20.7. The minimum atomic E-state index is -0.480. The van der Waals surface area contributed by atoms with Crippen LogP contribution in [-0.2, 0) is 13.5 Å². The Balaban J connectivity index is 1.48. The van der Waals surface area contributed by atoms with Crippen LogP contribution in [-0.4, -0.2) is 37.7 Å². The van der Waals surface area contributed by atoms with E-state index in [-0.39, 0.29) is 11.9 Å². The highest BCUT2D eigenvalue weighted by Gasteiger charge is 2.26.